The molecule has 3 aromatic rings. The molecule has 0 amide bonds. The van der Waals surface area contributed by atoms with Gasteiger partial charge in [-0.3, -0.25) is 0 Å². The summed E-state index contributed by atoms with van der Waals surface area (Å²) >= 11 is 3.36. The van der Waals surface area contributed by atoms with Crippen molar-refractivity contribution < 1.29 is 22.3 Å². The van der Waals surface area contributed by atoms with Crippen LogP contribution in [0.4, 0.5) is 13.2 Å². The number of aromatic nitrogens is 2. The van der Waals surface area contributed by atoms with Gasteiger partial charge in [-0.05, 0) is 34.1 Å². The Morgan fingerprint density at radius 1 is 1.22 bits per heavy atom. The van der Waals surface area contributed by atoms with Crippen LogP contribution in [0.25, 0.3) is 11.1 Å². The summed E-state index contributed by atoms with van der Waals surface area (Å²) in [4.78, 5) is 8.00. The molecule has 23 heavy (non-hydrogen) atoms. The highest BCUT2D eigenvalue weighted by Gasteiger charge is 2.30. The molecular weight excluding hydrogens is 377 g/mol. The molecule has 2 aromatic heterocycles. The van der Waals surface area contributed by atoms with Crippen molar-refractivity contribution in [3.05, 3.63) is 46.4 Å². The second-order valence-corrected chi connectivity index (χ2v) is 5.52. The van der Waals surface area contributed by atoms with Crippen molar-refractivity contribution in [1.82, 2.24) is 9.97 Å². The van der Waals surface area contributed by atoms with E-state index in [-0.39, 0.29) is 5.88 Å². The van der Waals surface area contributed by atoms with Crippen LogP contribution >= 0.6 is 15.9 Å². The Labute approximate surface area is 137 Å². The molecule has 0 aliphatic carbocycles. The molecule has 0 N–H and O–H groups in total. The molecule has 0 spiro atoms. The van der Waals surface area contributed by atoms with E-state index in [4.69, 9.17) is 9.15 Å². The van der Waals surface area contributed by atoms with Gasteiger partial charge in [0.1, 0.15) is 0 Å². The van der Waals surface area contributed by atoms with Crippen LogP contribution in [0.1, 0.15) is 18.4 Å². The fourth-order valence-corrected chi connectivity index (χ4v) is 2.35. The van der Waals surface area contributed by atoms with Gasteiger partial charge in [-0.15, -0.1) is 0 Å². The summed E-state index contributed by atoms with van der Waals surface area (Å²) in [5, 5.41) is 0. The third kappa shape index (κ3) is 3.17. The Balaban J connectivity index is 1.95. The number of halogens is 4. The molecule has 0 atom stereocenters. The summed E-state index contributed by atoms with van der Waals surface area (Å²) in [5.41, 5.74) is 0.171. The van der Waals surface area contributed by atoms with Crippen molar-refractivity contribution in [3.8, 4) is 11.6 Å². The number of nitrogens with zero attached hydrogens (tertiary/aromatic N) is 2. The second-order valence-electron chi connectivity index (χ2n) is 4.67. The fraction of sp³-hybridized carbons (Fsp3) is 0.200. The van der Waals surface area contributed by atoms with Crippen LogP contribution in [-0.2, 0) is 12.6 Å². The lowest BCUT2D eigenvalue weighted by Crippen LogP contribution is -2.05. The SMILES string of the molecule is CCc1nc2c(Oc3ccc(C(F)(F)F)cn3)ccc(Br)c2o1. The minimum atomic E-state index is -4.43. The predicted octanol–water partition coefficient (Wildman–Crippen LogP) is 5.36. The van der Waals surface area contributed by atoms with Crippen LogP contribution in [0.15, 0.2) is 39.4 Å². The standard InChI is InChI=1S/C15H10BrF3N2O2/c1-2-11-21-13-10(5-4-9(16)14(13)23-11)22-12-6-3-8(7-20-12)15(17,18)19/h3-7H,2H2,1H3. The zero-order valence-electron chi connectivity index (χ0n) is 11.8. The van der Waals surface area contributed by atoms with E-state index >= 15 is 0 Å². The molecule has 1 aromatic carbocycles. The third-order valence-electron chi connectivity index (χ3n) is 3.08. The van der Waals surface area contributed by atoms with E-state index in [1.54, 1.807) is 12.1 Å². The molecule has 4 nitrogen and oxygen atoms in total. The lowest BCUT2D eigenvalue weighted by molar-refractivity contribution is -0.137. The number of oxazole rings is 1. The van der Waals surface area contributed by atoms with Crippen LogP contribution in [0.2, 0.25) is 0 Å². The maximum absolute atomic E-state index is 12.5. The molecule has 0 unspecified atom stereocenters. The highest BCUT2D eigenvalue weighted by molar-refractivity contribution is 9.10. The van der Waals surface area contributed by atoms with Crippen LogP contribution in [0.3, 0.4) is 0 Å². The van der Waals surface area contributed by atoms with Gasteiger partial charge in [0.2, 0.25) is 5.88 Å². The molecule has 0 saturated heterocycles. The lowest BCUT2D eigenvalue weighted by atomic mass is 10.3. The number of rotatable bonds is 3. The molecule has 120 valence electrons. The van der Waals surface area contributed by atoms with Crippen molar-refractivity contribution in [2.24, 2.45) is 0 Å². The molecule has 2 heterocycles. The van der Waals surface area contributed by atoms with Gasteiger partial charge in [-0.25, -0.2) is 9.97 Å². The van der Waals surface area contributed by atoms with Crippen molar-refractivity contribution in [3.63, 3.8) is 0 Å². The lowest BCUT2D eigenvalue weighted by Gasteiger charge is -2.08. The molecule has 0 fully saturated rings. The first-order valence-electron chi connectivity index (χ1n) is 6.67. The largest absolute Gasteiger partial charge is 0.439 e. The van der Waals surface area contributed by atoms with Gasteiger partial charge >= 0.3 is 6.18 Å². The Bertz CT molecular complexity index is 844. The molecule has 0 radical (unpaired) electrons. The number of fused-ring (bicyclic) bond motifs is 1. The summed E-state index contributed by atoms with van der Waals surface area (Å²) in [5.74, 6) is 0.943. The predicted molar refractivity (Wildman–Crippen MR) is 80.4 cm³/mol. The van der Waals surface area contributed by atoms with Gasteiger partial charge in [0.05, 0.1) is 10.0 Å². The van der Waals surface area contributed by atoms with Crippen molar-refractivity contribution in [2.45, 2.75) is 19.5 Å². The maximum Gasteiger partial charge on any atom is 0.417 e. The van der Waals surface area contributed by atoms with E-state index in [9.17, 15) is 13.2 Å². The topological polar surface area (TPSA) is 48.2 Å². The fourth-order valence-electron chi connectivity index (χ4n) is 1.95. The Kier molecular flexibility index (Phi) is 4.01. The number of pyridine rings is 1. The monoisotopic (exact) mass is 386 g/mol. The normalized spacial score (nSPS) is 11.9. The molecule has 0 aliphatic rings. The maximum atomic E-state index is 12.5. The van der Waals surface area contributed by atoms with Crippen molar-refractivity contribution in [1.29, 1.82) is 0 Å². The van der Waals surface area contributed by atoms with E-state index in [0.29, 0.717) is 33.6 Å². The number of benzene rings is 1. The summed E-state index contributed by atoms with van der Waals surface area (Å²) in [6, 6.07) is 5.44. The zero-order valence-corrected chi connectivity index (χ0v) is 13.4. The van der Waals surface area contributed by atoms with Crippen LogP contribution in [0.5, 0.6) is 11.6 Å². The summed E-state index contributed by atoms with van der Waals surface area (Å²) < 4.78 is 49.4. The quantitative estimate of drug-likeness (QED) is 0.607. The van der Waals surface area contributed by atoms with Gasteiger partial charge in [-0.2, -0.15) is 13.2 Å². The number of hydrogen-bond acceptors (Lipinski definition) is 4. The van der Waals surface area contributed by atoms with Crippen LogP contribution in [0, 0.1) is 0 Å². The number of ether oxygens (including phenoxy) is 1. The number of hydrogen-bond donors (Lipinski definition) is 0. The van der Waals surface area contributed by atoms with E-state index in [2.05, 4.69) is 25.9 Å². The second kappa shape index (κ2) is 5.84. The van der Waals surface area contributed by atoms with Gasteiger partial charge in [0.15, 0.2) is 22.7 Å². The summed E-state index contributed by atoms with van der Waals surface area (Å²) in [7, 11) is 0. The first kappa shape index (κ1) is 15.8. The minimum Gasteiger partial charge on any atom is -0.439 e. The van der Waals surface area contributed by atoms with Gasteiger partial charge in [-0.1, -0.05) is 6.92 Å². The first-order valence-corrected chi connectivity index (χ1v) is 7.47. The van der Waals surface area contributed by atoms with Crippen LogP contribution < -0.4 is 4.74 Å². The molecular formula is C15H10BrF3N2O2. The first-order chi connectivity index (χ1) is 10.9. The van der Waals surface area contributed by atoms with Gasteiger partial charge < -0.3 is 9.15 Å². The molecule has 0 bridgehead atoms. The number of aryl methyl sites for hydroxylation is 1. The Hall–Kier alpha value is -2.09. The Morgan fingerprint density at radius 3 is 2.61 bits per heavy atom. The van der Waals surface area contributed by atoms with Crippen molar-refractivity contribution >= 4 is 27.0 Å². The zero-order chi connectivity index (χ0) is 16.6. The third-order valence-corrected chi connectivity index (χ3v) is 3.71. The van der Waals surface area contributed by atoms with Gasteiger partial charge in [0, 0.05) is 18.7 Å². The minimum absolute atomic E-state index is 0.0441. The molecule has 3 rings (SSSR count). The molecule has 0 aliphatic heterocycles. The van der Waals surface area contributed by atoms with Crippen molar-refractivity contribution in [2.75, 3.05) is 0 Å². The highest BCUT2D eigenvalue weighted by Crippen LogP contribution is 2.35. The molecule has 0 saturated carbocycles. The summed E-state index contributed by atoms with van der Waals surface area (Å²) in [6.45, 7) is 1.90. The molecule has 8 heteroatoms. The van der Waals surface area contributed by atoms with Gasteiger partial charge in [0.25, 0.3) is 0 Å². The van der Waals surface area contributed by atoms with E-state index in [0.717, 1.165) is 18.3 Å². The average Bonchev–Trinajstić information content (AvgIpc) is 2.95. The van der Waals surface area contributed by atoms with E-state index in [1.165, 1.54) is 0 Å². The highest BCUT2D eigenvalue weighted by atomic mass is 79.9. The Morgan fingerprint density at radius 2 is 2.00 bits per heavy atom. The smallest absolute Gasteiger partial charge is 0.417 e. The van der Waals surface area contributed by atoms with E-state index < -0.39 is 11.7 Å². The number of alkyl halides is 3. The van der Waals surface area contributed by atoms with Crippen LogP contribution in [-0.4, -0.2) is 9.97 Å². The average molecular weight is 387 g/mol. The summed E-state index contributed by atoms with van der Waals surface area (Å²) in [6.07, 6.45) is -3.09. The van der Waals surface area contributed by atoms with E-state index in [1.807, 2.05) is 6.92 Å².